The predicted octanol–water partition coefficient (Wildman–Crippen LogP) is 3.40. The largest absolute Gasteiger partial charge is 0.494 e. The zero-order chi connectivity index (χ0) is 20.1. The average molecular weight is 397 g/mol. The normalized spacial score (nSPS) is 14.2. The molecule has 0 radical (unpaired) electrons. The van der Waals surface area contributed by atoms with Gasteiger partial charge in [0.25, 0.3) is 11.8 Å². The Morgan fingerprint density at radius 1 is 1.00 bits per heavy atom. The second-order valence-electron chi connectivity index (χ2n) is 6.42. The van der Waals surface area contributed by atoms with E-state index in [0.717, 1.165) is 11.1 Å². The minimum absolute atomic E-state index is 0.0653. The molecular formula is C22H23NO4S. The van der Waals surface area contributed by atoms with Crippen LogP contribution in [-0.2, 0) is 16.1 Å². The minimum Gasteiger partial charge on any atom is -0.494 e. The number of imide groups is 1. The monoisotopic (exact) mass is 397 g/mol. The molecule has 0 aromatic heterocycles. The topological polar surface area (TPSA) is 66.8 Å². The van der Waals surface area contributed by atoms with Crippen molar-refractivity contribution in [2.45, 2.75) is 20.4 Å². The SMILES string of the molecule is CCOc1ccc(C2=C(SCCO)C(=O)N(Cc3ccc(C)cc3)C2=O)cc1. The van der Waals surface area contributed by atoms with E-state index in [-0.39, 0.29) is 25.0 Å². The highest BCUT2D eigenvalue weighted by Crippen LogP contribution is 2.37. The number of benzene rings is 2. The summed E-state index contributed by atoms with van der Waals surface area (Å²) in [6.07, 6.45) is 0. The zero-order valence-electron chi connectivity index (χ0n) is 16.0. The van der Waals surface area contributed by atoms with Crippen LogP contribution in [0.5, 0.6) is 5.75 Å². The van der Waals surface area contributed by atoms with E-state index in [1.54, 1.807) is 24.3 Å². The van der Waals surface area contributed by atoms with E-state index in [9.17, 15) is 14.7 Å². The summed E-state index contributed by atoms with van der Waals surface area (Å²) in [6.45, 7) is 4.61. The van der Waals surface area contributed by atoms with E-state index in [4.69, 9.17) is 4.74 Å². The van der Waals surface area contributed by atoms with Crippen molar-refractivity contribution >= 4 is 29.1 Å². The van der Waals surface area contributed by atoms with Crippen LogP contribution in [0, 0.1) is 6.92 Å². The number of aliphatic hydroxyl groups is 1. The van der Waals surface area contributed by atoms with E-state index < -0.39 is 0 Å². The van der Waals surface area contributed by atoms with Gasteiger partial charge < -0.3 is 9.84 Å². The maximum Gasteiger partial charge on any atom is 0.268 e. The molecule has 1 heterocycles. The molecule has 0 saturated heterocycles. The van der Waals surface area contributed by atoms with E-state index in [1.807, 2.05) is 38.1 Å². The maximum absolute atomic E-state index is 13.1. The fourth-order valence-corrected chi connectivity index (χ4v) is 3.87. The molecule has 3 rings (SSSR count). The van der Waals surface area contributed by atoms with Gasteiger partial charge in [-0.3, -0.25) is 14.5 Å². The summed E-state index contributed by atoms with van der Waals surface area (Å²) in [5.41, 5.74) is 3.08. The summed E-state index contributed by atoms with van der Waals surface area (Å²) in [5.74, 6) is 0.445. The van der Waals surface area contributed by atoms with Gasteiger partial charge in [0.15, 0.2) is 0 Å². The lowest BCUT2D eigenvalue weighted by Crippen LogP contribution is -2.31. The second kappa shape index (κ2) is 9.08. The Bertz CT molecular complexity index is 888. The molecular weight excluding hydrogens is 374 g/mol. The standard InChI is InChI=1S/C22H23NO4S/c1-3-27-18-10-8-17(9-11-18)19-20(28-13-12-24)22(26)23(21(19)25)14-16-6-4-15(2)5-7-16/h4-11,24H,3,12-14H2,1-2H3. The van der Waals surface area contributed by atoms with Gasteiger partial charge >= 0.3 is 0 Å². The molecule has 0 atom stereocenters. The van der Waals surface area contributed by atoms with Gasteiger partial charge in [0, 0.05) is 5.75 Å². The number of aryl methyl sites for hydroxylation is 1. The Kier molecular flexibility index (Phi) is 6.54. The summed E-state index contributed by atoms with van der Waals surface area (Å²) in [6, 6.07) is 14.9. The molecule has 0 bridgehead atoms. The first kappa shape index (κ1) is 20.2. The molecule has 1 aliphatic rings. The highest BCUT2D eigenvalue weighted by atomic mass is 32.2. The summed E-state index contributed by atoms with van der Waals surface area (Å²) in [4.78, 5) is 27.7. The first-order valence-electron chi connectivity index (χ1n) is 9.18. The van der Waals surface area contributed by atoms with Crippen molar-refractivity contribution in [3.05, 3.63) is 70.1 Å². The lowest BCUT2D eigenvalue weighted by Gasteiger charge is -2.15. The number of ether oxygens (including phenoxy) is 1. The number of rotatable bonds is 8. The van der Waals surface area contributed by atoms with Gasteiger partial charge in [-0.25, -0.2) is 0 Å². The summed E-state index contributed by atoms with van der Waals surface area (Å²) in [7, 11) is 0. The molecule has 2 aromatic rings. The molecule has 0 spiro atoms. The van der Waals surface area contributed by atoms with Crippen molar-refractivity contribution in [1.82, 2.24) is 4.90 Å². The highest BCUT2D eigenvalue weighted by molar-refractivity contribution is 8.04. The molecule has 5 nitrogen and oxygen atoms in total. The molecule has 0 fully saturated rings. The van der Waals surface area contributed by atoms with Gasteiger partial charge in [0.05, 0.1) is 30.2 Å². The van der Waals surface area contributed by atoms with Gasteiger partial charge in [0.2, 0.25) is 0 Å². The van der Waals surface area contributed by atoms with E-state index in [2.05, 4.69) is 0 Å². The number of carbonyl (C=O) groups is 2. The first-order chi connectivity index (χ1) is 13.5. The van der Waals surface area contributed by atoms with Gasteiger partial charge in [0.1, 0.15) is 5.75 Å². The third-order valence-corrected chi connectivity index (χ3v) is 5.43. The Morgan fingerprint density at radius 3 is 2.29 bits per heavy atom. The average Bonchev–Trinajstić information content (AvgIpc) is 2.93. The van der Waals surface area contributed by atoms with Gasteiger partial charge in [-0.15, -0.1) is 11.8 Å². The zero-order valence-corrected chi connectivity index (χ0v) is 16.8. The molecule has 1 N–H and O–H groups in total. The van der Waals surface area contributed by atoms with Crippen molar-refractivity contribution in [2.75, 3.05) is 19.0 Å². The van der Waals surface area contributed by atoms with Crippen molar-refractivity contribution in [1.29, 1.82) is 0 Å². The number of amides is 2. The van der Waals surface area contributed by atoms with Gasteiger partial charge in [-0.1, -0.05) is 42.0 Å². The number of carbonyl (C=O) groups excluding carboxylic acids is 2. The van der Waals surface area contributed by atoms with Crippen LogP contribution in [0.3, 0.4) is 0 Å². The molecule has 1 aliphatic heterocycles. The Labute approximate surface area is 169 Å². The van der Waals surface area contributed by atoms with Crippen LogP contribution in [-0.4, -0.2) is 40.8 Å². The van der Waals surface area contributed by atoms with Crippen LogP contribution in [0.2, 0.25) is 0 Å². The van der Waals surface area contributed by atoms with Crippen LogP contribution in [0.25, 0.3) is 5.57 Å². The van der Waals surface area contributed by atoms with Crippen molar-refractivity contribution < 1.29 is 19.4 Å². The molecule has 28 heavy (non-hydrogen) atoms. The third kappa shape index (κ3) is 4.29. The van der Waals surface area contributed by atoms with E-state index in [0.29, 0.717) is 34.2 Å². The van der Waals surface area contributed by atoms with Crippen molar-refractivity contribution in [3.8, 4) is 5.75 Å². The molecule has 0 aliphatic carbocycles. The second-order valence-corrected chi connectivity index (χ2v) is 7.52. The fourth-order valence-electron chi connectivity index (χ4n) is 2.99. The van der Waals surface area contributed by atoms with Gasteiger partial charge in [-0.05, 0) is 37.1 Å². The van der Waals surface area contributed by atoms with Crippen LogP contribution in [0.4, 0.5) is 0 Å². The van der Waals surface area contributed by atoms with Crippen LogP contribution in [0.1, 0.15) is 23.6 Å². The third-order valence-electron chi connectivity index (χ3n) is 4.38. The fraction of sp³-hybridized carbons (Fsp3) is 0.273. The molecule has 0 unspecified atom stereocenters. The first-order valence-corrected chi connectivity index (χ1v) is 10.2. The highest BCUT2D eigenvalue weighted by Gasteiger charge is 2.39. The Hall–Kier alpha value is -2.57. The number of nitrogens with zero attached hydrogens (tertiary/aromatic N) is 1. The Morgan fingerprint density at radius 2 is 1.68 bits per heavy atom. The quantitative estimate of drug-likeness (QED) is 0.692. The summed E-state index contributed by atoms with van der Waals surface area (Å²) in [5, 5.41) is 9.19. The molecule has 2 aromatic carbocycles. The molecule has 0 saturated carbocycles. The predicted molar refractivity (Wildman–Crippen MR) is 111 cm³/mol. The summed E-state index contributed by atoms with van der Waals surface area (Å²) >= 11 is 1.22. The lowest BCUT2D eigenvalue weighted by atomic mass is 10.1. The van der Waals surface area contributed by atoms with Crippen molar-refractivity contribution in [2.24, 2.45) is 0 Å². The maximum atomic E-state index is 13.1. The molecule has 6 heteroatoms. The smallest absolute Gasteiger partial charge is 0.268 e. The minimum atomic E-state index is -0.312. The lowest BCUT2D eigenvalue weighted by molar-refractivity contribution is -0.137. The van der Waals surface area contributed by atoms with E-state index >= 15 is 0 Å². The Balaban J connectivity index is 1.91. The van der Waals surface area contributed by atoms with E-state index in [1.165, 1.54) is 16.7 Å². The number of hydrogen-bond acceptors (Lipinski definition) is 5. The van der Waals surface area contributed by atoms with Crippen LogP contribution >= 0.6 is 11.8 Å². The van der Waals surface area contributed by atoms with Crippen LogP contribution < -0.4 is 4.74 Å². The number of hydrogen-bond donors (Lipinski definition) is 1. The molecule has 146 valence electrons. The van der Waals surface area contributed by atoms with Gasteiger partial charge in [-0.2, -0.15) is 0 Å². The number of thioether (sulfide) groups is 1. The van der Waals surface area contributed by atoms with Crippen molar-refractivity contribution in [3.63, 3.8) is 0 Å². The summed E-state index contributed by atoms with van der Waals surface area (Å²) < 4.78 is 5.46. The molecule has 2 amide bonds. The number of aliphatic hydroxyl groups excluding tert-OH is 1. The van der Waals surface area contributed by atoms with Crippen LogP contribution in [0.15, 0.2) is 53.4 Å².